The van der Waals surface area contributed by atoms with Gasteiger partial charge >= 0.3 is 11.8 Å². The third-order valence-corrected chi connectivity index (χ3v) is 3.59. The standard InChI is InChI=1S/C20H24N2O4/c1-14(2)26-17-10-8-15(9-11-17)12-21-19(23)20(24)22-13-16-6-4-5-7-18(16)25-3/h4-11,14H,12-13H2,1-3H3,(H,21,23)(H,22,24). The van der Waals surface area contributed by atoms with Crippen LogP contribution in [-0.2, 0) is 22.7 Å². The Balaban J connectivity index is 1.81. The first-order valence-electron chi connectivity index (χ1n) is 8.43. The minimum Gasteiger partial charge on any atom is -0.496 e. The van der Waals surface area contributed by atoms with E-state index in [1.54, 1.807) is 13.2 Å². The largest absolute Gasteiger partial charge is 0.496 e. The Morgan fingerprint density at radius 2 is 1.54 bits per heavy atom. The molecule has 0 aliphatic rings. The lowest BCUT2D eigenvalue weighted by Crippen LogP contribution is -2.39. The summed E-state index contributed by atoms with van der Waals surface area (Å²) < 4.78 is 10.8. The van der Waals surface area contributed by atoms with Crippen LogP contribution in [0, 0.1) is 0 Å². The number of carbonyl (C=O) groups excluding carboxylic acids is 2. The molecule has 0 aromatic heterocycles. The van der Waals surface area contributed by atoms with Crippen LogP contribution >= 0.6 is 0 Å². The third-order valence-electron chi connectivity index (χ3n) is 3.59. The Morgan fingerprint density at radius 3 is 2.15 bits per heavy atom. The number of methoxy groups -OCH3 is 1. The molecule has 0 atom stereocenters. The van der Waals surface area contributed by atoms with Crippen molar-refractivity contribution in [2.75, 3.05) is 7.11 Å². The molecule has 0 aliphatic heterocycles. The van der Waals surface area contributed by atoms with Crippen molar-refractivity contribution in [2.24, 2.45) is 0 Å². The average Bonchev–Trinajstić information content (AvgIpc) is 2.65. The predicted octanol–water partition coefficient (Wildman–Crippen LogP) is 2.42. The summed E-state index contributed by atoms with van der Waals surface area (Å²) >= 11 is 0. The average molecular weight is 356 g/mol. The van der Waals surface area contributed by atoms with Gasteiger partial charge in [0.25, 0.3) is 0 Å². The van der Waals surface area contributed by atoms with Crippen LogP contribution in [0.15, 0.2) is 48.5 Å². The molecule has 0 aliphatic carbocycles. The molecule has 0 saturated heterocycles. The van der Waals surface area contributed by atoms with Gasteiger partial charge in [-0.25, -0.2) is 0 Å². The van der Waals surface area contributed by atoms with Crippen molar-refractivity contribution >= 4 is 11.8 Å². The number of amides is 2. The van der Waals surface area contributed by atoms with Crippen molar-refractivity contribution in [3.8, 4) is 11.5 Å². The Bertz CT molecular complexity index is 742. The smallest absolute Gasteiger partial charge is 0.309 e. The highest BCUT2D eigenvalue weighted by molar-refractivity contribution is 6.35. The highest BCUT2D eigenvalue weighted by Crippen LogP contribution is 2.16. The van der Waals surface area contributed by atoms with Crippen LogP contribution in [-0.4, -0.2) is 25.0 Å². The highest BCUT2D eigenvalue weighted by Gasteiger charge is 2.13. The molecule has 2 N–H and O–H groups in total. The summed E-state index contributed by atoms with van der Waals surface area (Å²) in [5, 5.41) is 5.19. The maximum atomic E-state index is 11.9. The van der Waals surface area contributed by atoms with E-state index in [0.29, 0.717) is 5.75 Å². The number of hydrogen-bond acceptors (Lipinski definition) is 4. The molecular formula is C20H24N2O4. The van der Waals surface area contributed by atoms with Crippen molar-refractivity contribution < 1.29 is 19.1 Å². The van der Waals surface area contributed by atoms with Gasteiger partial charge in [-0.05, 0) is 37.6 Å². The minimum absolute atomic E-state index is 0.104. The quantitative estimate of drug-likeness (QED) is 0.747. The lowest BCUT2D eigenvalue weighted by molar-refractivity contribution is -0.139. The molecule has 0 bridgehead atoms. The fourth-order valence-corrected chi connectivity index (χ4v) is 2.33. The molecule has 2 aromatic rings. The van der Waals surface area contributed by atoms with E-state index in [1.807, 2.05) is 56.3 Å². The lowest BCUT2D eigenvalue weighted by atomic mass is 10.2. The van der Waals surface area contributed by atoms with Crippen LogP contribution in [0.5, 0.6) is 11.5 Å². The summed E-state index contributed by atoms with van der Waals surface area (Å²) in [5.74, 6) is 0.0691. The second-order valence-corrected chi connectivity index (χ2v) is 5.99. The molecule has 2 amide bonds. The molecule has 2 rings (SSSR count). The molecule has 138 valence electrons. The summed E-state index contributed by atoms with van der Waals surface area (Å²) in [7, 11) is 1.56. The zero-order valence-electron chi connectivity index (χ0n) is 15.2. The zero-order chi connectivity index (χ0) is 18.9. The molecule has 0 unspecified atom stereocenters. The molecule has 0 saturated carbocycles. The van der Waals surface area contributed by atoms with E-state index in [9.17, 15) is 9.59 Å². The number of benzene rings is 2. The summed E-state index contributed by atoms with van der Waals surface area (Å²) in [6.45, 7) is 4.40. The highest BCUT2D eigenvalue weighted by atomic mass is 16.5. The number of carbonyl (C=O) groups is 2. The number of rotatable bonds is 7. The normalized spacial score (nSPS) is 10.3. The molecule has 6 nitrogen and oxygen atoms in total. The minimum atomic E-state index is -0.685. The Labute approximate surface area is 153 Å². The van der Waals surface area contributed by atoms with Gasteiger partial charge in [-0.15, -0.1) is 0 Å². The number of hydrogen-bond donors (Lipinski definition) is 2. The topological polar surface area (TPSA) is 76.7 Å². The molecule has 0 fully saturated rings. The monoisotopic (exact) mass is 356 g/mol. The number of nitrogens with one attached hydrogen (secondary N) is 2. The maximum Gasteiger partial charge on any atom is 0.309 e. The van der Waals surface area contributed by atoms with E-state index in [4.69, 9.17) is 9.47 Å². The van der Waals surface area contributed by atoms with Gasteiger partial charge in [0.2, 0.25) is 0 Å². The van der Waals surface area contributed by atoms with Crippen molar-refractivity contribution in [2.45, 2.75) is 33.0 Å². The summed E-state index contributed by atoms with van der Waals surface area (Å²) in [5.41, 5.74) is 1.68. The van der Waals surface area contributed by atoms with E-state index >= 15 is 0 Å². The van der Waals surface area contributed by atoms with Gasteiger partial charge < -0.3 is 20.1 Å². The Hall–Kier alpha value is -3.02. The fraction of sp³-hybridized carbons (Fsp3) is 0.300. The fourth-order valence-electron chi connectivity index (χ4n) is 2.33. The van der Waals surface area contributed by atoms with Gasteiger partial charge in [-0.1, -0.05) is 30.3 Å². The predicted molar refractivity (Wildman–Crippen MR) is 98.9 cm³/mol. The van der Waals surface area contributed by atoms with Crippen molar-refractivity contribution in [3.63, 3.8) is 0 Å². The van der Waals surface area contributed by atoms with Crippen LogP contribution < -0.4 is 20.1 Å². The SMILES string of the molecule is COc1ccccc1CNC(=O)C(=O)NCc1ccc(OC(C)C)cc1. The Morgan fingerprint density at radius 1 is 0.923 bits per heavy atom. The molecular weight excluding hydrogens is 332 g/mol. The van der Waals surface area contributed by atoms with Gasteiger partial charge in [-0.2, -0.15) is 0 Å². The van der Waals surface area contributed by atoms with Gasteiger partial charge in [0.05, 0.1) is 13.2 Å². The second kappa shape index (κ2) is 9.46. The first kappa shape index (κ1) is 19.3. The third kappa shape index (κ3) is 5.81. The first-order chi connectivity index (χ1) is 12.5. The summed E-state index contributed by atoms with van der Waals surface area (Å²) in [6.07, 6.45) is 0.104. The second-order valence-electron chi connectivity index (χ2n) is 5.99. The maximum absolute atomic E-state index is 11.9. The van der Waals surface area contributed by atoms with Crippen molar-refractivity contribution in [1.82, 2.24) is 10.6 Å². The van der Waals surface area contributed by atoms with Crippen molar-refractivity contribution in [3.05, 3.63) is 59.7 Å². The molecule has 26 heavy (non-hydrogen) atoms. The zero-order valence-corrected chi connectivity index (χ0v) is 15.2. The van der Waals surface area contributed by atoms with E-state index < -0.39 is 11.8 Å². The van der Waals surface area contributed by atoms with Crippen molar-refractivity contribution in [1.29, 1.82) is 0 Å². The van der Waals surface area contributed by atoms with E-state index in [2.05, 4.69) is 10.6 Å². The molecule has 6 heteroatoms. The summed E-state index contributed by atoms with van der Waals surface area (Å²) in [4.78, 5) is 23.9. The molecule has 0 spiro atoms. The van der Waals surface area contributed by atoms with Crippen LogP contribution in [0.4, 0.5) is 0 Å². The number of para-hydroxylation sites is 1. The van der Waals surface area contributed by atoms with Gasteiger partial charge in [0.15, 0.2) is 0 Å². The molecule has 0 heterocycles. The van der Waals surface area contributed by atoms with E-state index in [1.165, 1.54) is 0 Å². The van der Waals surface area contributed by atoms with Crippen LogP contribution in [0.2, 0.25) is 0 Å². The first-order valence-corrected chi connectivity index (χ1v) is 8.43. The van der Waals surface area contributed by atoms with Gasteiger partial charge in [0, 0.05) is 18.7 Å². The lowest BCUT2D eigenvalue weighted by Gasteiger charge is -2.11. The van der Waals surface area contributed by atoms with E-state index in [-0.39, 0.29) is 19.2 Å². The van der Waals surface area contributed by atoms with Gasteiger partial charge in [-0.3, -0.25) is 9.59 Å². The van der Waals surface area contributed by atoms with Gasteiger partial charge in [0.1, 0.15) is 11.5 Å². The molecule has 0 radical (unpaired) electrons. The number of ether oxygens (including phenoxy) is 2. The van der Waals surface area contributed by atoms with E-state index in [0.717, 1.165) is 16.9 Å². The Kier molecular flexibility index (Phi) is 7.02. The van der Waals surface area contributed by atoms with Crippen LogP contribution in [0.3, 0.4) is 0 Å². The van der Waals surface area contributed by atoms with Crippen LogP contribution in [0.1, 0.15) is 25.0 Å². The molecule has 2 aromatic carbocycles. The summed E-state index contributed by atoms with van der Waals surface area (Å²) in [6, 6.07) is 14.7. The van der Waals surface area contributed by atoms with Crippen LogP contribution in [0.25, 0.3) is 0 Å².